The third-order valence-electron chi connectivity index (χ3n) is 2.11. The van der Waals surface area contributed by atoms with E-state index in [0.717, 1.165) is 22.8 Å². The van der Waals surface area contributed by atoms with E-state index >= 15 is 0 Å². The van der Waals surface area contributed by atoms with Crippen LogP contribution < -0.4 is 4.74 Å². The molecule has 0 saturated carbocycles. The van der Waals surface area contributed by atoms with Gasteiger partial charge in [0.1, 0.15) is 17.2 Å². The van der Waals surface area contributed by atoms with Crippen LogP contribution in [0.25, 0.3) is 11.3 Å². The van der Waals surface area contributed by atoms with Crippen LogP contribution in [-0.4, -0.2) is 12.1 Å². The maximum absolute atomic E-state index is 5.31. The average molecular weight is 268 g/mol. The predicted molar refractivity (Wildman–Crippen MR) is 60.9 cm³/mol. The zero-order valence-electron chi connectivity index (χ0n) is 8.45. The third kappa shape index (κ3) is 2.04. The van der Waals surface area contributed by atoms with Crippen LogP contribution in [-0.2, 0) is 0 Å². The lowest BCUT2D eigenvalue weighted by molar-refractivity contribution is 0.415. The van der Waals surface area contributed by atoms with Crippen LogP contribution in [0.1, 0.15) is 5.76 Å². The van der Waals surface area contributed by atoms with Crippen LogP contribution in [0.15, 0.2) is 33.5 Å². The van der Waals surface area contributed by atoms with Gasteiger partial charge < -0.3 is 9.15 Å². The monoisotopic (exact) mass is 267 g/mol. The molecular weight excluding hydrogens is 258 g/mol. The lowest BCUT2D eigenvalue weighted by atomic mass is 10.1. The zero-order chi connectivity index (χ0) is 10.8. The highest BCUT2D eigenvalue weighted by atomic mass is 79.9. The first kappa shape index (κ1) is 10.2. The molecule has 0 aliphatic rings. The number of oxazole rings is 1. The number of rotatable bonds is 2. The summed E-state index contributed by atoms with van der Waals surface area (Å²) < 4.78 is 10.5. The van der Waals surface area contributed by atoms with Gasteiger partial charge in [-0.15, -0.1) is 0 Å². The van der Waals surface area contributed by atoms with Crippen LogP contribution in [0.3, 0.4) is 0 Å². The fourth-order valence-corrected chi connectivity index (χ4v) is 1.82. The van der Waals surface area contributed by atoms with E-state index in [-0.39, 0.29) is 0 Å². The van der Waals surface area contributed by atoms with Crippen LogP contribution in [0, 0.1) is 6.92 Å². The number of hydrogen-bond donors (Lipinski definition) is 0. The Bertz CT molecular complexity index is 479. The van der Waals surface area contributed by atoms with Crippen LogP contribution in [0.5, 0.6) is 5.75 Å². The maximum atomic E-state index is 5.31. The molecule has 2 rings (SSSR count). The Hall–Kier alpha value is -1.29. The molecule has 3 nitrogen and oxygen atoms in total. The van der Waals surface area contributed by atoms with Crippen molar-refractivity contribution in [2.75, 3.05) is 7.11 Å². The van der Waals surface area contributed by atoms with Gasteiger partial charge in [0.15, 0.2) is 0 Å². The van der Waals surface area contributed by atoms with E-state index in [1.54, 1.807) is 7.11 Å². The standard InChI is InChI=1S/C11H10BrNO2/c1-7-10(13-11(12)15-7)8-4-3-5-9(6-8)14-2/h3-6H,1-2H3. The van der Waals surface area contributed by atoms with Crippen LogP contribution >= 0.6 is 15.9 Å². The predicted octanol–water partition coefficient (Wildman–Crippen LogP) is 3.42. The molecule has 1 aromatic carbocycles. The minimum atomic E-state index is 0.498. The Morgan fingerprint density at radius 3 is 2.80 bits per heavy atom. The van der Waals surface area contributed by atoms with Crippen LogP contribution in [0.2, 0.25) is 0 Å². The Labute approximate surface area is 96.2 Å². The second kappa shape index (κ2) is 4.06. The fraction of sp³-hybridized carbons (Fsp3) is 0.182. The molecule has 0 unspecified atom stereocenters. The summed E-state index contributed by atoms with van der Waals surface area (Å²) in [5.74, 6) is 1.60. The smallest absolute Gasteiger partial charge is 0.264 e. The molecular formula is C11H10BrNO2. The van der Waals surface area contributed by atoms with Gasteiger partial charge in [-0.3, -0.25) is 0 Å². The second-order valence-electron chi connectivity index (χ2n) is 3.10. The van der Waals surface area contributed by atoms with Crippen molar-refractivity contribution < 1.29 is 9.15 Å². The Balaban J connectivity index is 2.49. The summed E-state index contributed by atoms with van der Waals surface area (Å²) in [6.07, 6.45) is 0. The number of hydrogen-bond acceptors (Lipinski definition) is 3. The minimum absolute atomic E-state index is 0.498. The molecule has 1 heterocycles. The molecule has 2 aromatic rings. The van der Waals surface area contributed by atoms with Gasteiger partial charge in [-0.25, -0.2) is 4.98 Å². The van der Waals surface area contributed by atoms with E-state index < -0.39 is 0 Å². The quantitative estimate of drug-likeness (QED) is 0.837. The van der Waals surface area contributed by atoms with Crippen molar-refractivity contribution in [2.45, 2.75) is 6.92 Å². The van der Waals surface area contributed by atoms with Crippen molar-refractivity contribution in [3.05, 3.63) is 34.8 Å². The van der Waals surface area contributed by atoms with E-state index in [9.17, 15) is 0 Å². The topological polar surface area (TPSA) is 35.3 Å². The molecule has 1 aromatic heterocycles. The summed E-state index contributed by atoms with van der Waals surface area (Å²) in [6, 6.07) is 7.72. The molecule has 0 radical (unpaired) electrons. The number of ether oxygens (including phenoxy) is 1. The Morgan fingerprint density at radius 2 is 2.20 bits per heavy atom. The van der Waals surface area contributed by atoms with Gasteiger partial charge in [0, 0.05) is 21.5 Å². The van der Waals surface area contributed by atoms with Gasteiger partial charge in [-0.05, 0) is 19.1 Å². The first-order valence-corrected chi connectivity index (χ1v) is 5.27. The van der Waals surface area contributed by atoms with Gasteiger partial charge in [0.2, 0.25) is 0 Å². The van der Waals surface area contributed by atoms with Crippen molar-refractivity contribution >= 4 is 15.9 Å². The summed E-state index contributed by atoms with van der Waals surface area (Å²) in [6.45, 7) is 1.88. The molecule has 0 spiro atoms. The van der Waals surface area contributed by atoms with Crippen molar-refractivity contribution in [3.63, 3.8) is 0 Å². The fourth-order valence-electron chi connectivity index (χ4n) is 1.40. The Kier molecular flexibility index (Phi) is 2.77. The summed E-state index contributed by atoms with van der Waals surface area (Å²) in [7, 11) is 1.64. The lowest BCUT2D eigenvalue weighted by Gasteiger charge is -2.01. The highest BCUT2D eigenvalue weighted by Crippen LogP contribution is 2.27. The molecule has 0 aliphatic heterocycles. The van der Waals surface area contributed by atoms with E-state index in [2.05, 4.69) is 20.9 Å². The molecule has 0 amide bonds. The van der Waals surface area contributed by atoms with Crippen LogP contribution in [0.4, 0.5) is 0 Å². The van der Waals surface area contributed by atoms with E-state index in [1.165, 1.54) is 0 Å². The molecule has 78 valence electrons. The summed E-state index contributed by atoms with van der Waals surface area (Å²) in [4.78, 5) is 4.75. The first-order valence-electron chi connectivity index (χ1n) is 4.48. The molecule has 15 heavy (non-hydrogen) atoms. The molecule has 0 aliphatic carbocycles. The van der Waals surface area contributed by atoms with Gasteiger partial charge in [0.25, 0.3) is 4.80 Å². The van der Waals surface area contributed by atoms with Crippen molar-refractivity contribution in [3.8, 4) is 17.0 Å². The van der Waals surface area contributed by atoms with Gasteiger partial charge >= 0.3 is 0 Å². The average Bonchev–Trinajstić information content (AvgIpc) is 2.58. The highest BCUT2D eigenvalue weighted by molar-refractivity contribution is 9.10. The van der Waals surface area contributed by atoms with Crippen molar-refractivity contribution in [2.24, 2.45) is 0 Å². The zero-order valence-corrected chi connectivity index (χ0v) is 10.0. The SMILES string of the molecule is COc1cccc(-c2nc(Br)oc2C)c1. The summed E-state index contributed by atoms with van der Waals surface area (Å²) in [5, 5.41) is 0. The Morgan fingerprint density at radius 1 is 1.40 bits per heavy atom. The van der Waals surface area contributed by atoms with Crippen molar-refractivity contribution in [1.82, 2.24) is 4.98 Å². The molecule has 0 bridgehead atoms. The largest absolute Gasteiger partial charge is 0.497 e. The number of nitrogens with zero attached hydrogens (tertiary/aromatic N) is 1. The van der Waals surface area contributed by atoms with Gasteiger partial charge in [-0.2, -0.15) is 0 Å². The first-order chi connectivity index (χ1) is 7.20. The number of methoxy groups -OCH3 is 1. The minimum Gasteiger partial charge on any atom is -0.497 e. The number of benzene rings is 1. The second-order valence-corrected chi connectivity index (χ2v) is 3.78. The van der Waals surface area contributed by atoms with Gasteiger partial charge in [-0.1, -0.05) is 12.1 Å². The maximum Gasteiger partial charge on any atom is 0.264 e. The molecule has 4 heteroatoms. The molecule has 0 N–H and O–H groups in total. The highest BCUT2D eigenvalue weighted by Gasteiger charge is 2.10. The molecule has 0 atom stereocenters. The number of halogens is 1. The molecule has 0 fully saturated rings. The van der Waals surface area contributed by atoms with E-state index in [4.69, 9.17) is 9.15 Å². The van der Waals surface area contributed by atoms with E-state index in [0.29, 0.717) is 4.80 Å². The number of aromatic nitrogens is 1. The van der Waals surface area contributed by atoms with Crippen molar-refractivity contribution in [1.29, 1.82) is 0 Å². The third-order valence-corrected chi connectivity index (χ3v) is 2.45. The normalized spacial score (nSPS) is 10.3. The van der Waals surface area contributed by atoms with Gasteiger partial charge in [0.05, 0.1) is 7.11 Å². The number of aryl methyl sites for hydroxylation is 1. The summed E-state index contributed by atoms with van der Waals surface area (Å²) in [5.41, 5.74) is 1.82. The lowest BCUT2D eigenvalue weighted by Crippen LogP contribution is -1.85. The van der Waals surface area contributed by atoms with E-state index in [1.807, 2.05) is 31.2 Å². The molecule has 0 saturated heterocycles. The summed E-state index contributed by atoms with van der Waals surface area (Å²) >= 11 is 3.21.